The molecule has 2 aliphatic heterocycles. The predicted octanol–water partition coefficient (Wildman–Crippen LogP) is -0.988. The van der Waals surface area contributed by atoms with Crippen LogP contribution in [0.4, 0.5) is 9.93 Å². The fourth-order valence-electron chi connectivity index (χ4n) is 3.54. The average Bonchev–Trinajstić information content (AvgIpc) is 3.36. The molecule has 1 aromatic rings. The van der Waals surface area contributed by atoms with Crippen LogP contribution in [0.5, 0.6) is 0 Å². The molecular formula is C21H24B2IN5O10S2. The van der Waals surface area contributed by atoms with Gasteiger partial charge in [-0.1, -0.05) is 27.7 Å². The quantitative estimate of drug-likeness (QED) is 0.0366. The summed E-state index contributed by atoms with van der Waals surface area (Å²) >= 11 is 1.26. The molecular weight excluding hydrogens is 695 g/mol. The third-order valence-electron chi connectivity index (χ3n) is 5.26. The topological polar surface area (TPSA) is 198 Å². The molecule has 2 N–H and O–H groups in total. The number of halogens is 1. The van der Waals surface area contributed by atoms with Crippen LogP contribution in [0.25, 0.3) is 0 Å². The van der Waals surface area contributed by atoms with E-state index in [9.17, 15) is 28.5 Å². The molecule has 41 heavy (non-hydrogen) atoms. The van der Waals surface area contributed by atoms with Crippen molar-refractivity contribution >= 4 is 102 Å². The zero-order valence-electron chi connectivity index (χ0n) is 22.5. The number of fused-ring (bicyclic) bond motifs is 1. The first-order valence-electron chi connectivity index (χ1n) is 11.6. The second-order valence-corrected chi connectivity index (χ2v) is 12.4. The zero-order valence-corrected chi connectivity index (χ0v) is 26.3. The van der Waals surface area contributed by atoms with Crippen LogP contribution in [0.15, 0.2) is 34.1 Å². The smallest absolute Gasteiger partial charge is 0.413 e. The molecule has 218 valence electrons. The van der Waals surface area contributed by atoms with E-state index in [1.807, 2.05) is 22.6 Å². The van der Waals surface area contributed by atoms with Crippen LogP contribution in [0.3, 0.4) is 0 Å². The molecule has 2 aliphatic rings. The monoisotopic (exact) mass is 719 g/mol. The van der Waals surface area contributed by atoms with Gasteiger partial charge in [-0.3, -0.25) is 19.8 Å². The predicted molar refractivity (Wildman–Crippen MR) is 159 cm³/mol. The maximum Gasteiger partial charge on any atom is 0.413 e. The maximum atomic E-state index is 13.3. The van der Waals surface area contributed by atoms with Gasteiger partial charge in [-0.2, -0.15) is 0 Å². The number of nitrogens with zero attached hydrogens (tertiary/aromatic N) is 3. The molecule has 0 saturated carbocycles. The highest BCUT2D eigenvalue weighted by molar-refractivity contribution is 14.1. The number of rotatable bonds is 9. The largest absolute Gasteiger partial charge is 0.614 e. The third kappa shape index (κ3) is 7.41. The lowest BCUT2D eigenvalue weighted by Gasteiger charge is -2.49. The molecule has 15 nitrogen and oxygen atoms in total. The minimum absolute atomic E-state index is 0.00296. The van der Waals surface area contributed by atoms with Gasteiger partial charge in [-0.15, -0.1) is 11.3 Å². The lowest BCUT2D eigenvalue weighted by atomic mass is 10.0. The van der Waals surface area contributed by atoms with Gasteiger partial charge in [0.25, 0.3) is 11.8 Å². The number of aromatic nitrogens is 1. The number of thiazole rings is 1. The summed E-state index contributed by atoms with van der Waals surface area (Å²) < 4.78 is 27.8. The Morgan fingerprint density at radius 1 is 1.32 bits per heavy atom. The Morgan fingerprint density at radius 3 is 2.59 bits per heavy atom. The molecule has 0 bridgehead atoms. The molecule has 0 spiro atoms. The van der Waals surface area contributed by atoms with Crippen LogP contribution in [0.1, 0.15) is 26.5 Å². The summed E-state index contributed by atoms with van der Waals surface area (Å²) in [5.74, 6) is -3.96. The molecule has 1 fully saturated rings. The molecule has 0 aliphatic carbocycles. The van der Waals surface area contributed by atoms with E-state index in [0.717, 1.165) is 32.3 Å². The van der Waals surface area contributed by atoms with Gasteiger partial charge in [0.15, 0.2) is 16.9 Å². The zero-order chi connectivity index (χ0) is 30.6. The molecule has 20 heteroatoms. The highest BCUT2D eigenvalue weighted by Crippen LogP contribution is 2.37. The number of carbonyl (C=O) groups is 5. The third-order valence-corrected chi connectivity index (χ3v) is 8.59. The van der Waals surface area contributed by atoms with E-state index in [-0.39, 0.29) is 22.3 Å². The van der Waals surface area contributed by atoms with Gasteiger partial charge < -0.3 is 28.8 Å². The molecule has 0 aromatic carbocycles. The van der Waals surface area contributed by atoms with E-state index >= 15 is 0 Å². The number of nitrogens with one attached hydrogen (secondary N) is 2. The first-order valence-corrected chi connectivity index (χ1v) is 15.4. The Hall–Kier alpha value is -3.10. The molecule has 3 heterocycles. The second kappa shape index (κ2) is 13.3. The van der Waals surface area contributed by atoms with E-state index in [2.05, 4.69) is 32.0 Å². The molecule has 3 amide bonds. The van der Waals surface area contributed by atoms with Crippen LogP contribution < -0.4 is 10.6 Å². The number of ether oxygens (including phenoxy) is 1. The number of alkyl halides is 1. The Bertz CT molecular complexity index is 1350. The first kappa shape index (κ1) is 32.4. The number of β-lactam (4-membered cyclic amide) rings is 1. The number of amides is 3. The Kier molecular flexibility index (Phi) is 10.5. The van der Waals surface area contributed by atoms with Crippen molar-refractivity contribution in [2.45, 2.75) is 37.8 Å². The lowest BCUT2D eigenvalue weighted by Crippen LogP contribution is -2.75. The fourth-order valence-corrected chi connectivity index (χ4v) is 6.90. The van der Waals surface area contributed by atoms with Crippen LogP contribution in [-0.2, 0) is 49.2 Å². The first-order chi connectivity index (χ1) is 19.2. The van der Waals surface area contributed by atoms with Crippen molar-refractivity contribution in [3.05, 3.63) is 34.7 Å². The van der Waals surface area contributed by atoms with Crippen LogP contribution >= 0.6 is 33.9 Å². The van der Waals surface area contributed by atoms with Crippen LogP contribution in [-0.4, -0.2) is 93.3 Å². The minimum Gasteiger partial charge on any atom is -0.614 e. The Morgan fingerprint density at radius 2 is 2.00 bits per heavy atom. The van der Waals surface area contributed by atoms with Gasteiger partial charge in [-0.25, -0.2) is 19.4 Å². The van der Waals surface area contributed by atoms with Crippen molar-refractivity contribution in [1.82, 2.24) is 15.2 Å². The Balaban J connectivity index is 1.87. The van der Waals surface area contributed by atoms with Gasteiger partial charge in [-0.05, 0) is 38.5 Å². The fraction of sp³-hybridized carbons (Fsp3) is 0.381. The number of hydrogen-bond acceptors (Lipinski definition) is 13. The van der Waals surface area contributed by atoms with Crippen molar-refractivity contribution in [2.24, 2.45) is 5.16 Å². The number of anilines is 1. The van der Waals surface area contributed by atoms with Gasteiger partial charge in [0.1, 0.15) is 22.7 Å². The molecule has 0 radical (unpaired) electrons. The van der Waals surface area contributed by atoms with E-state index in [0.29, 0.717) is 10.0 Å². The summed E-state index contributed by atoms with van der Waals surface area (Å²) in [6, 6.07) is -1.29. The standard InChI is InChI=1S/C21H24B2IN5O10S2/c1-8(17(32)37-22)39-28-11(10-6-40-19(25-10)27-20(34)36-21(2,3)4)14(30)26-12-15(31)29-13(18(33)38-23)9(5-24)7-41(35)16(12)29/h6,12,16H,1,5,7,22-23H2,2-4H3,(H,26,30)(H,25,27,34)/b28-11-/t12-,16-,41?/m1/s1. The van der Waals surface area contributed by atoms with Crippen molar-refractivity contribution in [3.63, 3.8) is 0 Å². The van der Waals surface area contributed by atoms with E-state index < -0.39 is 69.5 Å². The van der Waals surface area contributed by atoms with E-state index in [1.165, 1.54) is 5.38 Å². The van der Waals surface area contributed by atoms with Crippen LogP contribution in [0.2, 0.25) is 0 Å². The van der Waals surface area contributed by atoms with Crippen LogP contribution in [0, 0.1) is 0 Å². The number of oxime groups is 1. The summed E-state index contributed by atoms with van der Waals surface area (Å²) in [4.78, 5) is 72.8. The Labute approximate surface area is 256 Å². The summed E-state index contributed by atoms with van der Waals surface area (Å²) in [6.45, 7) is 8.39. The SMILES string of the molecule is BOC(=O)C(=C)O/N=C(\C(=O)N[C@@H]1C(=O)N2C(C(=O)OB)=C(CI)C[S+]([O-])[C@H]12)c1csc(NC(=O)OC(C)(C)C)n1. The maximum absolute atomic E-state index is 13.3. The lowest BCUT2D eigenvalue weighted by molar-refractivity contribution is -0.149. The molecule has 3 atom stereocenters. The number of carbonyl (C=O) groups excluding carboxylic acids is 5. The molecule has 1 aromatic heterocycles. The van der Waals surface area contributed by atoms with Gasteiger partial charge in [0.05, 0.1) is 0 Å². The van der Waals surface area contributed by atoms with E-state index in [4.69, 9.17) is 14.2 Å². The second-order valence-electron chi connectivity index (χ2n) is 9.26. The van der Waals surface area contributed by atoms with Crippen molar-refractivity contribution in [1.29, 1.82) is 0 Å². The van der Waals surface area contributed by atoms with Gasteiger partial charge in [0, 0.05) is 15.4 Å². The summed E-state index contributed by atoms with van der Waals surface area (Å²) in [6.07, 6.45) is -0.795. The molecule has 3 rings (SSSR count). The van der Waals surface area contributed by atoms with Gasteiger partial charge >= 0.3 is 34.1 Å². The highest BCUT2D eigenvalue weighted by Gasteiger charge is 2.61. The molecule has 1 saturated heterocycles. The normalized spacial score (nSPS) is 20.3. The summed E-state index contributed by atoms with van der Waals surface area (Å²) in [5, 5.41) is 8.90. The highest BCUT2D eigenvalue weighted by atomic mass is 127. The van der Waals surface area contributed by atoms with Gasteiger partial charge in [0.2, 0.25) is 11.1 Å². The van der Waals surface area contributed by atoms with Crippen molar-refractivity contribution in [2.75, 3.05) is 15.5 Å². The molecule has 1 unspecified atom stereocenters. The summed E-state index contributed by atoms with van der Waals surface area (Å²) in [7, 11) is 2.25. The number of hydrogen-bond donors (Lipinski definition) is 2. The van der Waals surface area contributed by atoms with Crippen molar-refractivity contribution in [3.8, 4) is 0 Å². The summed E-state index contributed by atoms with van der Waals surface area (Å²) in [5.41, 5.74) is -0.915. The van der Waals surface area contributed by atoms with E-state index in [1.54, 1.807) is 20.8 Å². The minimum atomic E-state index is -1.65. The van der Waals surface area contributed by atoms with Crippen molar-refractivity contribution < 1.29 is 47.4 Å². The average molecular weight is 719 g/mol.